The predicted octanol–water partition coefficient (Wildman–Crippen LogP) is 4.58. The molecule has 0 spiro atoms. The minimum Gasteiger partial charge on any atom is -0.302 e. The van der Waals surface area contributed by atoms with Crippen LogP contribution in [0.25, 0.3) is 33.5 Å². The molecule has 4 aromatic rings. The van der Waals surface area contributed by atoms with E-state index in [-0.39, 0.29) is 18.8 Å². The van der Waals surface area contributed by atoms with Crippen molar-refractivity contribution < 1.29 is 13.9 Å². The van der Waals surface area contributed by atoms with Crippen LogP contribution in [0, 0.1) is 0 Å². The summed E-state index contributed by atoms with van der Waals surface area (Å²) in [5, 5.41) is 13.8. The van der Waals surface area contributed by atoms with Crippen LogP contribution in [-0.4, -0.2) is 65.7 Å². The first-order valence-electron chi connectivity index (χ1n) is 10.5. The van der Waals surface area contributed by atoms with Gasteiger partial charge in [0.2, 0.25) is 0 Å². The van der Waals surface area contributed by atoms with Crippen molar-refractivity contribution in [1.29, 1.82) is 0 Å². The van der Waals surface area contributed by atoms with Crippen LogP contribution in [0.2, 0.25) is 5.02 Å². The molecule has 0 aliphatic carbocycles. The molecule has 2 N–H and O–H groups in total. The van der Waals surface area contributed by atoms with Crippen LogP contribution < -0.4 is 0 Å². The average Bonchev–Trinajstić information content (AvgIpc) is 3.22. The van der Waals surface area contributed by atoms with Crippen LogP contribution >= 0.6 is 22.2 Å². The Kier molecular flexibility index (Phi) is 5.90. The zero-order valence-corrected chi connectivity index (χ0v) is 19.2. The molecule has 170 valence electrons. The van der Waals surface area contributed by atoms with Gasteiger partial charge in [0.25, 0.3) is 0 Å². The molecule has 5 rings (SSSR count). The van der Waals surface area contributed by atoms with Crippen molar-refractivity contribution in [1.82, 2.24) is 24.9 Å². The van der Waals surface area contributed by atoms with Crippen molar-refractivity contribution in [2.24, 2.45) is 0 Å². The molecule has 1 fully saturated rings. The fourth-order valence-electron chi connectivity index (χ4n) is 4.10. The SMILES string of the molecule is O=CCN1CCS(O)(O)C(n2nc(-c3ccccc3)c3c(Cl)c(-c4ccccc4)nnc32)C1. The number of benzene rings is 2. The highest BCUT2D eigenvalue weighted by Gasteiger charge is 2.37. The van der Waals surface area contributed by atoms with E-state index in [0.717, 1.165) is 17.4 Å². The highest BCUT2D eigenvalue weighted by molar-refractivity contribution is 8.24. The van der Waals surface area contributed by atoms with Crippen molar-refractivity contribution in [2.75, 3.05) is 25.4 Å². The van der Waals surface area contributed by atoms with Crippen LogP contribution in [-0.2, 0) is 4.79 Å². The molecule has 0 amide bonds. The predicted molar refractivity (Wildman–Crippen MR) is 130 cm³/mol. The quantitative estimate of drug-likeness (QED) is 0.400. The van der Waals surface area contributed by atoms with Crippen molar-refractivity contribution >= 4 is 39.5 Å². The number of carbonyl (C=O) groups is 1. The van der Waals surface area contributed by atoms with Gasteiger partial charge in [0.15, 0.2) is 11.0 Å². The molecule has 1 unspecified atom stereocenters. The zero-order valence-electron chi connectivity index (χ0n) is 17.6. The lowest BCUT2D eigenvalue weighted by atomic mass is 10.1. The summed E-state index contributed by atoms with van der Waals surface area (Å²) in [5.41, 5.74) is 3.14. The van der Waals surface area contributed by atoms with Gasteiger partial charge in [-0.05, 0) is 0 Å². The number of halogens is 1. The number of fused-ring (bicyclic) bond motifs is 1. The molecule has 0 saturated carbocycles. The highest BCUT2D eigenvalue weighted by Crippen LogP contribution is 2.54. The lowest BCUT2D eigenvalue weighted by Gasteiger charge is -2.46. The summed E-state index contributed by atoms with van der Waals surface area (Å²) in [4.78, 5) is 12.9. The third kappa shape index (κ3) is 4.03. The molecule has 1 aliphatic rings. The molecule has 0 radical (unpaired) electrons. The van der Waals surface area contributed by atoms with Gasteiger partial charge in [-0.3, -0.25) is 14.0 Å². The summed E-state index contributed by atoms with van der Waals surface area (Å²) >= 11 is 6.90. The first-order valence-corrected chi connectivity index (χ1v) is 12.6. The molecule has 1 aliphatic heterocycles. The Morgan fingerprint density at radius 1 is 1.00 bits per heavy atom. The normalized spacial score (nSPS) is 19.4. The van der Waals surface area contributed by atoms with Gasteiger partial charge in [-0.15, -0.1) is 10.2 Å². The molecular weight excluding hydrogens is 462 g/mol. The van der Waals surface area contributed by atoms with E-state index in [1.807, 2.05) is 65.6 Å². The summed E-state index contributed by atoms with van der Waals surface area (Å²) in [5.74, 6) is 0.150. The number of aldehydes is 1. The van der Waals surface area contributed by atoms with Crippen molar-refractivity contribution in [3.8, 4) is 22.5 Å². The van der Waals surface area contributed by atoms with Crippen LogP contribution in [0.3, 0.4) is 0 Å². The van der Waals surface area contributed by atoms with E-state index in [4.69, 9.17) is 16.7 Å². The van der Waals surface area contributed by atoms with Gasteiger partial charge in [0.1, 0.15) is 17.7 Å². The number of carbonyl (C=O) groups excluding carboxylic acids is 1. The minimum atomic E-state index is -3.03. The maximum absolute atomic E-state index is 11.1. The number of hydrogen-bond donors (Lipinski definition) is 2. The van der Waals surface area contributed by atoms with Crippen LogP contribution in [0.4, 0.5) is 0 Å². The molecular formula is C23H22ClN5O3S. The lowest BCUT2D eigenvalue weighted by molar-refractivity contribution is -0.108. The van der Waals surface area contributed by atoms with E-state index in [9.17, 15) is 13.9 Å². The second kappa shape index (κ2) is 8.85. The van der Waals surface area contributed by atoms with E-state index in [2.05, 4.69) is 10.2 Å². The number of aromatic nitrogens is 4. The van der Waals surface area contributed by atoms with Crippen LogP contribution in [0.15, 0.2) is 60.7 Å². The summed E-state index contributed by atoms with van der Waals surface area (Å²) in [6.45, 7) is 0.889. The number of nitrogens with zero attached hydrogens (tertiary/aromatic N) is 5. The van der Waals surface area contributed by atoms with Gasteiger partial charge >= 0.3 is 0 Å². The fraction of sp³-hybridized carbons (Fsp3) is 0.217. The van der Waals surface area contributed by atoms with E-state index in [0.29, 0.717) is 34.0 Å². The molecule has 2 aromatic carbocycles. The summed E-state index contributed by atoms with van der Waals surface area (Å²) in [7, 11) is -3.03. The lowest BCUT2D eigenvalue weighted by Crippen LogP contribution is -2.43. The third-order valence-electron chi connectivity index (χ3n) is 5.82. The van der Waals surface area contributed by atoms with Crippen LogP contribution in [0.5, 0.6) is 0 Å². The molecule has 3 heterocycles. The maximum Gasteiger partial charge on any atom is 0.184 e. The molecule has 10 heteroatoms. The second-order valence-corrected chi connectivity index (χ2v) is 10.7. The molecule has 8 nitrogen and oxygen atoms in total. The second-order valence-electron chi connectivity index (χ2n) is 7.89. The fourth-order valence-corrected chi connectivity index (χ4v) is 6.14. The van der Waals surface area contributed by atoms with Crippen molar-refractivity contribution in [3.05, 3.63) is 65.7 Å². The summed E-state index contributed by atoms with van der Waals surface area (Å²) in [6.07, 6.45) is 0.813. The first kappa shape index (κ1) is 22.0. The highest BCUT2D eigenvalue weighted by atomic mass is 35.5. The molecule has 2 aromatic heterocycles. The topological polar surface area (TPSA) is 104 Å². The molecule has 1 atom stereocenters. The van der Waals surface area contributed by atoms with E-state index < -0.39 is 16.0 Å². The molecule has 33 heavy (non-hydrogen) atoms. The van der Waals surface area contributed by atoms with E-state index in [1.54, 1.807) is 0 Å². The minimum absolute atomic E-state index is 0.150. The first-order chi connectivity index (χ1) is 16.0. The Balaban J connectivity index is 1.74. The standard InChI is InChI=1S/C23H22ClN5O3S/c24-20-19-21(16-7-3-1-4-8-16)27-29(18-15-28(11-13-30)12-14-33(18,31)32)23(19)26-25-22(20)17-9-5-2-6-10-17/h1-10,13,18,31-32H,11-12,14-15H2. The maximum atomic E-state index is 11.1. The van der Waals surface area contributed by atoms with Crippen molar-refractivity contribution in [3.63, 3.8) is 0 Å². The average molecular weight is 484 g/mol. The Morgan fingerprint density at radius 2 is 1.64 bits per heavy atom. The summed E-state index contributed by atoms with van der Waals surface area (Å²) in [6, 6.07) is 19.1. The van der Waals surface area contributed by atoms with Crippen molar-refractivity contribution in [2.45, 2.75) is 5.37 Å². The Hall–Kier alpha value is -2.82. The molecule has 1 saturated heterocycles. The largest absolute Gasteiger partial charge is 0.302 e. The third-order valence-corrected chi connectivity index (χ3v) is 8.19. The Morgan fingerprint density at radius 3 is 2.27 bits per heavy atom. The monoisotopic (exact) mass is 483 g/mol. The van der Waals surface area contributed by atoms with Gasteiger partial charge in [0, 0.05) is 24.2 Å². The summed E-state index contributed by atoms with van der Waals surface area (Å²) < 4.78 is 23.3. The van der Waals surface area contributed by atoms with Gasteiger partial charge in [-0.1, -0.05) is 72.3 Å². The zero-order chi connectivity index (χ0) is 23.0. The van der Waals surface area contributed by atoms with Gasteiger partial charge in [-0.25, -0.2) is 4.68 Å². The Bertz CT molecular complexity index is 1300. The molecule has 0 bridgehead atoms. The number of rotatable bonds is 5. The van der Waals surface area contributed by atoms with E-state index in [1.165, 1.54) is 4.68 Å². The van der Waals surface area contributed by atoms with Gasteiger partial charge in [0.05, 0.1) is 22.7 Å². The smallest absolute Gasteiger partial charge is 0.184 e. The van der Waals surface area contributed by atoms with Gasteiger partial charge in [-0.2, -0.15) is 15.7 Å². The van der Waals surface area contributed by atoms with Crippen LogP contribution in [0.1, 0.15) is 5.37 Å². The Labute approximate surface area is 197 Å². The van der Waals surface area contributed by atoms with E-state index >= 15 is 0 Å². The van der Waals surface area contributed by atoms with Gasteiger partial charge < -0.3 is 4.79 Å². The number of hydrogen-bond acceptors (Lipinski definition) is 7.